The Kier molecular flexibility index (Phi) is 1.88. The third kappa shape index (κ3) is 1.97. The van der Waals surface area contributed by atoms with Gasteiger partial charge in [-0.1, -0.05) is 0 Å². The van der Waals surface area contributed by atoms with Crippen molar-refractivity contribution in [2.45, 2.75) is 13.0 Å². The molecule has 0 saturated heterocycles. The summed E-state index contributed by atoms with van der Waals surface area (Å²) in [4.78, 5) is 10.0. The van der Waals surface area contributed by atoms with Crippen molar-refractivity contribution in [1.82, 2.24) is 0 Å². The van der Waals surface area contributed by atoms with Gasteiger partial charge in [0.05, 0.1) is 11.7 Å². The highest BCUT2D eigenvalue weighted by atomic mass is 16.1. The highest BCUT2D eigenvalue weighted by Gasteiger charge is 1.95. The topological polar surface area (TPSA) is 43.1 Å². The van der Waals surface area contributed by atoms with Gasteiger partial charge in [0, 0.05) is 0 Å². The van der Waals surface area contributed by atoms with Crippen LogP contribution in [0.1, 0.15) is 6.92 Å². The first-order valence-corrected chi connectivity index (χ1v) is 1.90. The molecule has 0 aromatic rings. The number of hydrogen-bond donors (Lipinski definition) is 1. The number of carbonyl (C=O) groups is 1. The Morgan fingerprint density at radius 2 is 2.17 bits per heavy atom. The summed E-state index contributed by atoms with van der Waals surface area (Å²) >= 11 is 0. The van der Waals surface area contributed by atoms with Gasteiger partial charge in [0.25, 0.3) is 0 Å². The van der Waals surface area contributed by atoms with Gasteiger partial charge in [0.15, 0.2) is 7.85 Å². The lowest BCUT2D eigenvalue weighted by atomic mass is 9.97. The summed E-state index contributed by atoms with van der Waals surface area (Å²) < 4.78 is 0. The monoisotopic (exact) mass is 85.1 g/mol. The predicted molar refractivity (Wildman–Crippen MR) is 27.2 cm³/mol. The van der Waals surface area contributed by atoms with Crippen molar-refractivity contribution in [2.24, 2.45) is 5.73 Å². The largest absolute Gasteiger partial charge is 0.323 e. The molecule has 0 aliphatic heterocycles. The van der Waals surface area contributed by atoms with Crippen LogP contribution in [0.4, 0.5) is 0 Å². The normalized spacial score (nSPS) is 13.7. The molecule has 0 rings (SSSR count). The molecule has 0 saturated carbocycles. The van der Waals surface area contributed by atoms with Crippen LogP contribution in [0.25, 0.3) is 0 Å². The van der Waals surface area contributed by atoms with Crippen LogP contribution in [0, 0.1) is 0 Å². The predicted octanol–water partition coefficient (Wildman–Crippen LogP) is -1.51. The molecule has 2 N–H and O–H groups in total. The summed E-state index contributed by atoms with van der Waals surface area (Å²) in [5.74, 6) is 0. The van der Waals surface area contributed by atoms with Gasteiger partial charge in [0.2, 0.25) is 0 Å². The second-order valence-corrected chi connectivity index (χ2v) is 1.40. The van der Waals surface area contributed by atoms with Crippen molar-refractivity contribution in [3.63, 3.8) is 0 Å². The van der Waals surface area contributed by atoms with E-state index in [1.165, 1.54) is 7.85 Å². The summed E-state index contributed by atoms with van der Waals surface area (Å²) in [7, 11) is 1.48. The molecule has 0 aromatic carbocycles. The molecule has 3 heteroatoms. The lowest BCUT2D eigenvalue weighted by Gasteiger charge is -1.92. The first-order chi connectivity index (χ1) is 2.64. The van der Waals surface area contributed by atoms with Gasteiger partial charge >= 0.3 is 0 Å². The second kappa shape index (κ2) is 1.98. The highest BCUT2D eigenvalue weighted by molar-refractivity contribution is 6.58. The van der Waals surface area contributed by atoms with Gasteiger partial charge < -0.3 is 10.5 Å². The van der Waals surface area contributed by atoms with Crippen molar-refractivity contribution in [3.05, 3.63) is 0 Å². The molecule has 0 aliphatic rings. The molecule has 0 fully saturated rings. The van der Waals surface area contributed by atoms with Crippen LogP contribution >= 0.6 is 0 Å². The summed E-state index contributed by atoms with van der Waals surface area (Å²) in [6.07, 6.45) is 0. The van der Waals surface area contributed by atoms with Gasteiger partial charge in [-0.2, -0.15) is 0 Å². The number of carbonyl (C=O) groups excluding carboxylic acids is 1. The Hall–Kier alpha value is -0.305. The lowest BCUT2D eigenvalue weighted by molar-refractivity contribution is -0.112. The van der Waals surface area contributed by atoms with Gasteiger partial charge in [-0.25, -0.2) is 0 Å². The van der Waals surface area contributed by atoms with E-state index in [2.05, 4.69) is 0 Å². The number of rotatable bonds is 1. The average Bonchev–Trinajstić information content (AvgIpc) is 1.36. The molecule has 34 valence electrons. The minimum Gasteiger partial charge on any atom is -0.323 e. The van der Waals surface area contributed by atoms with E-state index in [4.69, 9.17) is 5.73 Å². The fourth-order valence-electron chi connectivity index (χ4n) is 0. The van der Waals surface area contributed by atoms with Crippen molar-refractivity contribution in [1.29, 1.82) is 0 Å². The maximum atomic E-state index is 10.0. The quantitative estimate of drug-likeness (QED) is 0.393. The van der Waals surface area contributed by atoms with Crippen molar-refractivity contribution in [3.8, 4) is 0 Å². The first kappa shape index (κ1) is 5.69. The number of nitrogens with two attached hydrogens (primary N) is 1. The lowest BCUT2D eigenvalue weighted by Crippen LogP contribution is -2.26. The average molecular weight is 84.9 g/mol. The summed E-state index contributed by atoms with van der Waals surface area (Å²) in [5, 5.41) is 0. The van der Waals surface area contributed by atoms with Crippen LogP contribution < -0.4 is 5.73 Å². The van der Waals surface area contributed by atoms with E-state index in [9.17, 15) is 4.79 Å². The third-order valence-corrected chi connectivity index (χ3v) is 0.641. The van der Waals surface area contributed by atoms with Gasteiger partial charge in [0.1, 0.15) is 0 Å². The molecule has 0 aromatic heterocycles. The zero-order valence-corrected chi connectivity index (χ0v) is 4.06. The molecule has 0 bridgehead atoms. The van der Waals surface area contributed by atoms with Gasteiger partial charge in [-0.3, -0.25) is 0 Å². The molecule has 0 spiro atoms. The Balaban J connectivity index is 3.26. The minimum absolute atomic E-state index is 0.0370. The number of hydrogen-bond acceptors (Lipinski definition) is 2. The maximum Gasteiger partial charge on any atom is 0.189 e. The first-order valence-electron chi connectivity index (χ1n) is 1.90. The Bertz CT molecular complexity index is 61.8. The van der Waals surface area contributed by atoms with Crippen LogP contribution in [0.5, 0.6) is 0 Å². The van der Waals surface area contributed by atoms with Crippen LogP contribution in [0.15, 0.2) is 0 Å². The molecule has 6 heavy (non-hydrogen) atoms. The van der Waals surface area contributed by atoms with Crippen molar-refractivity contribution in [2.75, 3.05) is 0 Å². The molecular weight excluding hydrogens is 76.9 g/mol. The molecular formula is C3H8BNO. The minimum atomic E-state index is -0.287. The third-order valence-electron chi connectivity index (χ3n) is 0.641. The molecule has 0 unspecified atom stereocenters. The van der Waals surface area contributed by atoms with E-state index in [0.29, 0.717) is 0 Å². The second-order valence-electron chi connectivity index (χ2n) is 1.40. The van der Waals surface area contributed by atoms with Crippen LogP contribution in [0.3, 0.4) is 0 Å². The van der Waals surface area contributed by atoms with E-state index in [0.717, 1.165) is 0 Å². The molecule has 2 nitrogen and oxygen atoms in total. The van der Waals surface area contributed by atoms with Crippen molar-refractivity contribution >= 4 is 13.5 Å². The van der Waals surface area contributed by atoms with Crippen LogP contribution in [-0.2, 0) is 4.79 Å². The van der Waals surface area contributed by atoms with Crippen LogP contribution in [0.2, 0.25) is 0 Å². The fraction of sp³-hybridized carbons (Fsp3) is 0.667. The zero-order chi connectivity index (χ0) is 5.15. The van der Waals surface area contributed by atoms with E-state index in [1.54, 1.807) is 6.92 Å². The Morgan fingerprint density at radius 1 is 2.00 bits per heavy atom. The van der Waals surface area contributed by atoms with Crippen molar-refractivity contribution < 1.29 is 4.79 Å². The molecule has 0 amide bonds. The standard InChI is InChI=1S/C3H8BNO/c1-2(5)3(4)6/h2H,4-5H2,1H3/t2-/m0/s1. The maximum absolute atomic E-state index is 10.0. The molecule has 0 radical (unpaired) electrons. The van der Waals surface area contributed by atoms with Gasteiger partial charge in [-0.05, 0) is 6.92 Å². The van der Waals surface area contributed by atoms with E-state index in [1.807, 2.05) is 0 Å². The van der Waals surface area contributed by atoms with E-state index < -0.39 is 0 Å². The van der Waals surface area contributed by atoms with E-state index >= 15 is 0 Å². The van der Waals surface area contributed by atoms with E-state index in [-0.39, 0.29) is 11.7 Å². The molecule has 1 atom stereocenters. The SMILES string of the molecule is BC(=O)[C@H](C)N. The van der Waals surface area contributed by atoms with Gasteiger partial charge in [-0.15, -0.1) is 0 Å². The smallest absolute Gasteiger partial charge is 0.189 e. The summed E-state index contributed by atoms with van der Waals surface area (Å²) in [6, 6.07) is -0.287. The Morgan fingerprint density at radius 3 is 2.17 bits per heavy atom. The fourth-order valence-corrected chi connectivity index (χ4v) is 0. The highest BCUT2D eigenvalue weighted by Crippen LogP contribution is 1.67. The zero-order valence-electron chi connectivity index (χ0n) is 4.06. The Labute approximate surface area is 38.1 Å². The molecule has 0 heterocycles. The van der Waals surface area contributed by atoms with Crippen LogP contribution in [-0.4, -0.2) is 19.6 Å². The molecule has 0 aliphatic carbocycles. The summed E-state index contributed by atoms with van der Waals surface area (Å²) in [5.41, 5.74) is 5.12. The summed E-state index contributed by atoms with van der Waals surface area (Å²) in [6.45, 7) is 1.67.